The molecular weight excluding hydrogens is 686 g/mol. The number of aliphatic hydroxyl groups is 6. The van der Waals surface area contributed by atoms with Gasteiger partial charge in [-0.15, -0.1) is 0 Å². The van der Waals surface area contributed by atoms with Gasteiger partial charge in [0.05, 0.1) is 25.4 Å². The molecule has 1 fully saturated rings. The smallest absolute Gasteiger partial charge is 0.249 e. The molecular formula is C44H83NO9. The highest BCUT2D eigenvalue weighted by Crippen LogP contribution is 2.22. The summed E-state index contributed by atoms with van der Waals surface area (Å²) in [4.78, 5) is 13.0. The fraction of sp³-hybridized carbons (Fsp3) is 0.886. The third-order valence-electron chi connectivity index (χ3n) is 10.6. The van der Waals surface area contributed by atoms with E-state index in [1.807, 2.05) is 6.08 Å². The molecule has 8 atom stereocenters. The molecule has 0 radical (unpaired) electrons. The topological polar surface area (TPSA) is 169 Å². The molecule has 0 aromatic rings. The van der Waals surface area contributed by atoms with Gasteiger partial charge in [0.25, 0.3) is 0 Å². The summed E-state index contributed by atoms with van der Waals surface area (Å²) >= 11 is 0. The summed E-state index contributed by atoms with van der Waals surface area (Å²) in [6, 6.07) is -0.985. The van der Waals surface area contributed by atoms with Crippen molar-refractivity contribution in [3.63, 3.8) is 0 Å². The van der Waals surface area contributed by atoms with Crippen LogP contribution >= 0.6 is 0 Å². The van der Waals surface area contributed by atoms with Crippen molar-refractivity contribution >= 4 is 5.91 Å². The number of aliphatic hydroxyl groups excluding tert-OH is 6. The zero-order chi connectivity index (χ0) is 39.7. The normalized spacial score (nSPS) is 22.3. The number of hydrogen-bond acceptors (Lipinski definition) is 9. The van der Waals surface area contributed by atoms with Crippen molar-refractivity contribution < 1.29 is 44.9 Å². The lowest BCUT2D eigenvalue weighted by Crippen LogP contribution is -2.60. The summed E-state index contributed by atoms with van der Waals surface area (Å²) < 4.78 is 11.1. The third-order valence-corrected chi connectivity index (χ3v) is 10.6. The van der Waals surface area contributed by atoms with Crippen molar-refractivity contribution in [3.05, 3.63) is 24.3 Å². The second-order valence-corrected chi connectivity index (χ2v) is 15.6. The number of amides is 1. The van der Waals surface area contributed by atoms with Gasteiger partial charge >= 0.3 is 0 Å². The molecule has 0 aromatic carbocycles. The van der Waals surface area contributed by atoms with E-state index in [0.29, 0.717) is 6.42 Å². The van der Waals surface area contributed by atoms with Crippen molar-refractivity contribution in [2.75, 3.05) is 13.2 Å². The molecule has 8 unspecified atom stereocenters. The second kappa shape index (κ2) is 34.8. The average molecular weight is 770 g/mol. The van der Waals surface area contributed by atoms with E-state index >= 15 is 0 Å². The van der Waals surface area contributed by atoms with Crippen LogP contribution in [-0.2, 0) is 14.3 Å². The van der Waals surface area contributed by atoms with Gasteiger partial charge in [-0.1, -0.05) is 167 Å². The Morgan fingerprint density at radius 1 is 0.630 bits per heavy atom. The van der Waals surface area contributed by atoms with Gasteiger partial charge in [-0.05, 0) is 44.9 Å². The van der Waals surface area contributed by atoms with Crippen molar-refractivity contribution in [2.24, 2.45) is 0 Å². The van der Waals surface area contributed by atoms with Gasteiger partial charge in [0.15, 0.2) is 6.29 Å². The Labute approximate surface area is 329 Å². The van der Waals surface area contributed by atoms with Crippen molar-refractivity contribution in [3.8, 4) is 0 Å². The molecule has 1 aliphatic rings. The zero-order valence-electron chi connectivity index (χ0n) is 34.3. The monoisotopic (exact) mass is 770 g/mol. The fourth-order valence-corrected chi connectivity index (χ4v) is 6.92. The first-order valence-electron chi connectivity index (χ1n) is 22.2. The summed E-state index contributed by atoms with van der Waals surface area (Å²) in [5.74, 6) is -0.633. The highest BCUT2D eigenvalue weighted by Gasteiger charge is 2.44. The molecule has 1 heterocycles. The molecule has 10 heteroatoms. The summed E-state index contributed by atoms with van der Waals surface area (Å²) in [5, 5.41) is 64.5. The van der Waals surface area contributed by atoms with Crippen LogP contribution in [0.1, 0.15) is 187 Å². The van der Waals surface area contributed by atoms with E-state index in [-0.39, 0.29) is 13.0 Å². The first kappa shape index (κ1) is 50.6. The van der Waals surface area contributed by atoms with Crippen LogP contribution in [0, 0.1) is 0 Å². The first-order chi connectivity index (χ1) is 26.3. The van der Waals surface area contributed by atoms with Crippen LogP contribution in [0.4, 0.5) is 0 Å². The van der Waals surface area contributed by atoms with Gasteiger partial charge in [0.2, 0.25) is 5.91 Å². The van der Waals surface area contributed by atoms with Gasteiger partial charge in [0.1, 0.15) is 30.5 Å². The molecule has 0 saturated carbocycles. The van der Waals surface area contributed by atoms with Crippen molar-refractivity contribution in [1.29, 1.82) is 0 Å². The van der Waals surface area contributed by atoms with Gasteiger partial charge in [-0.25, -0.2) is 0 Å². The second-order valence-electron chi connectivity index (χ2n) is 15.6. The van der Waals surface area contributed by atoms with Gasteiger partial charge in [-0.2, -0.15) is 0 Å². The third kappa shape index (κ3) is 25.0. The predicted octanol–water partition coefficient (Wildman–Crippen LogP) is 7.69. The Kier molecular flexibility index (Phi) is 32.7. The Morgan fingerprint density at radius 3 is 1.56 bits per heavy atom. The summed E-state index contributed by atoms with van der Waals surface area (Å²) in [7, 11) is 0. The maximum Gasteiger partial charge on any atom is 0.249 e. The summed E-state index contributed by atoms with van der Waals surface area (Å²) in [5.41, 5.74) is 0. The van der Waals surface area contributed by atoms with Gasteiger partial charge in [0, 0.05) is 0 Å². The maximum absolute atomic E-state index is 13.0. The van der Waals surface area contributed by atoms with Crippen molar-refractivity contribution in [2.45, 2.75) is 236 Å². The molecule has 0 aliphatic carbocycles. The van der Waals surface area contributed by atoms with E-state index in [1.165, 1.54) is 122 Å². The number of nitrogens with one attached hydrogen (secondary N) is 1. The lowest BCUT2D eigenvalue weighted by molar-refractivity contribution is -0.302. The summed E-state index contributed by atoms with van der Waals surface area (Å²) in [6.45, 7) is 3.58. The highest BCUT2D eigenvalue weighted by molar-refractivity contribution is 5.80. The fourth-order valence-electron chi connectivity index (χ4n) is 6.92. The predicted molar refractivity (Wildman–Crippen MR) is 218 cm³/mol. The Balaban J connectivity index is 2.47. The molecule has 0 spiro atoms. The molecule has 0 aromatic heterocycles. The van der Waals surface area contributed by atoms with Gasteiger partial charge in [-0.3, -0.25) is 4.79 Å². The van der Waals surface area contributed by atoms with Crippen LogP contribution in [0.3, 0.4) is 0 Å². The van der Waals surface area contributed by atoms with Crippen LogP contribution < -0.4 is 5.32 Å². The number of carbonyl (C=O) groups is 1. The minimum Gasteiger partial charge on any atom is -0.394 e. The molecule has 54 heavy (non-hydrogen) atoms. The lowest BCUT2D eigenvalue weighted by Gasteiger charge is -2.40. The molecule has 1 amide bonds. The van der Waals surface area contributed by atoms with Crippen LogP contribution in [0.15, 0.2) is 24.3 Å². The number of allylic oxidation sites excluding steroid dienone is 3. The number of ether oxygens (including phenoxy) is 2. The molecule has 1 saturated heterocycles. The lowest BCUT2D eigenvalue weighted by atomic mass is 9.99. The molecule has 318 valence electrons. The maximum atomic E-state index is 13.0. The number of unbranched alkanes of at least 4 members (excludes halogenated alkanes) is 23. The van der Waals surface area contributed by atoms with Crippen molar-refractivity contribution in [1.82, 2.24) is 5.32 Å². The molecule has 7 N–H and O–H groups in total. The molecule has 0 bridgehead atoms. The van der Waals surface area contributed by atoms with Crippen LogP contribution in [0.5, 0.6) is 0 Å². The minimum atomic E-state index is -1.61. The Hall–Kier alpha value is -1.37. The van der Waals surface area contributed by atoms with Crippen LogP contribution in [0.25, 0.3) is 0 Å². The van der Waals surface area contributed by atoms with E-state index in [2.05, 4.69) is 31.3 Å². The largest absolute Gasteiger partial charge is 0.394 e. The Bertz CT molecular complexity index is 916. The Morgan fingerprint density at radius 2 is 1.07 bits per heavy atom. The molecule has 1 aliphatic heterocycles. The minimum absolute atomic E-state index is 0.281. The van der Waals surface area contributed by atoms with Crippen LogP contribution in [-0.4, -0.2) is 98.7 Å². The SMILES string of the molecule is CCCCCCCCC/C=C\CCCCC(O)C(=O)NC(COC1OC(CO)C(O)C(O)C1O)C(O)/C=C/CCCCCCCCCCCCCCCC. The number of carbonyl (C=O) groups excluding carboxylic acids is 1. The quantitative estimate of drug-likeness (QED) is 0.0250. The van der Waals surface area contributed by atoms with E-state index in [0.717, 1.165) is 38.5 Å². The molecule has 1 rings (SSSR count). The first-order valence-corrected chi connectivity index (χ1v) is 22.2. The molecule has 10 nitrogen and oxygen atoms in total. The van der Waals surface area contributed by atoms with E-state index in [1.54, 1.807) is 6.08 Å². The van der Waals surface area contributed by atoms with Gasteiger partial charge < -0.3 is 45.4 Å². The van der Waals surface area contributed by atoms with E-state index in [9.17, 15) is 35.4 Å². The highest BCUT2D eigenvalue weighted by atomic mass is 16.7. The van der Waals surface area contributed by atoms with E-state index < -0.39 is 61.5 Å². The van der Waals surface area contributed by atoms with Crippen LogP contribution in [0.2, 0.25) is 0 Å². The average Bonchev–Trinajstić information content (AvgIpc) is 3.17. The van der Waals surface area contributed by atoms with E-state index in [4.69, 9.17) is 9.47 Å². The number of hydrogen-bond donors (Lipinski definition) is 7. The summed E-state index contributed by atoms with van der Waals surface area (Å²) in [6.07, 6.45) is 29.8. The standard InChI is InChI=1S/C44H83NO9/c1-3-5-7-9-11-13-15-17-18-19-21-22-24-26-28-30-32-37(47)36(35-53-44-42(51)41(50)40(49)39(34-46)54-44)45-43(52)38(48)33-31-29-27-25-23-20-16-14-12-10-8-6-4-2/h23,25,30,32,36-42,44,46-51H,3-22,24,26-29,31,33-35H2,1-2H3,(H,45,52)/b25-23-,32-30+. The zero-order valence-corrected chi connectivity index (χ0v) is 34.3. The number of rotatable bonds is 36.